The van der Waals surface area contributed by atoms with Crippen molar-refractivity contribution in [3.05, 3.63) is 59.9 Å². The van der Waals surface area contributed by atoms with E-state index in [9.17, 15) is 18.8 Å². The normalized spacial score (nSPS) is 19.6. The molecule has 4 rings (SSSR count). The number of anilines is 2. The minimum Gasteiger partial charge on any atom is -0.326 e. The van der Waals surface area contributed by atoms with E-state index in [-0.39, 0.29) is 18.5 Å². The maximum absolute atomic E-state index is 13.4. The molecule has 4 amide bonds. The van der Waals surface area contributed by atoms with Crippen LogP contribution in [0.5, 0.6) is 0 Å². The molecule has 2 aromatic rings. The Labute approximate surface area is 174 Å². The number of halogens is 1. The molecule has 1 saturated carbocycles. The lowest BCUT2D eigenvalue weighted by atomic mass is 10.1. The summed E-state index contributed by atoms with van der Waals surface area (Å²) in [7, 11) is 0. The summed E-state index contributed by atoms with van der Waals surface area (Å²) in [4.78, 5) is 41.9. The number of aryl methyl sites for hydroxylation is 1. The monoisotopic (exact) mass is 409 g/mol. The van der Waals surface area contributed by atoms with Crippen LogP contribution in [0, 0.1) is 12.7 Å². The number of hydrogen-bond donors (Lipinski definition) is 1. The van der Waals surface area contributed by atoms with Crippen molar-refractivity contribution in [2.24, 2.45) is 0 Å². The number of amides is 4. The van der Waals surface area contributed by atoms with E-state index in [4.69, 9.17) is 0 Å². The van der Waals surface area contributed by atoms with Gasteiger partial charge in [-0.15, -0.1) is 0 Å². The lowest BCUT2D eigenvalue weighted by Gasteiger charge is -2.27. The standard InChI is InChI=1S/C23H24FN3O3/c1-15-6-4-11-19(12-15)27-22(29)20(26(23(27)30)18-9-2-3-10-18)14-21(28)25-17-8-5-7-16(24)13-17/h4-8,11-13,18,20H,2-3,9-10,14H2,1H3,(H,25,28)/t20-/m0/s1. The van der Waals surface area contributed by atoms with Gasteiger partial charge in [0.1, 0.15) is 11.9 Å². The first-order chi connectivity index (χ1) is 14.4. The Hall–Kier alpha value is -3.22. The summed E-state index contributed by atoms with van der Waals surface area (Å²) in [6, 6.07) is 11.5. The van der Waals surface area contributed by atoms with Gasteiger partial charge in [-0.25, -0.2) is 14.1 Å². The average Bonchev–Trinajstić information content (AvgIpc) is 3.29. The minimum absolute atomic E-state index is 0.0526. The fraction of sp³-hybridized carbons (Fsp3) is 0.348. The fourth-order valence-corrected chi connectivity index (χ4v) is 4.35. The number of benzene rings is 2. The molecule has 1 N–H and O–H groups in total. The second-order valence-corrected chi connectivity index (χ2v) is 7.92. The third kappa shape index (κ3) is 3.92. The number of nitrogens with one attached hydrogen (secondary N) is 1. The minimum atomic E-state index is -0.866. The zero-order valence-corrected chi connectivity index (χ0v) is 16.8. The van der Waals surface area contributed by atoms with Gasteiger partial charge >= 0.3 is 6.03 Å². The van der Waals surface area contributed by atoms with Crippen molar-refractivity contribution in [1.82, 2.24) is 4.90 Å². The molecule has 0 unspecified atom stereocenters. The van der Waals surface area contributed by atoms with E-state index in [0.29, 0.717) is 11.4 Å². The molecule has 156 valence electrons. The summed E-state index contributed by atoms with van der Waals surface area (Å²) >= 11 is 0. The van der Waals surface area contributed by atoms with E-state index in [1.54, 1.807) is 29.2 Å². The fourth-order valence-electron chi connectivity index (χ4n) is 4.35. The predicted octanol–water partition coefficient (Wildman–Crippen LogP) is 4.24. The van der Waals surface area contributed by atoms with Crippen molar-refractivity contribution in [1.29, 1.82) is 0 Å². The third-order valence-electron chi connectivity index (χ3n) is 5.72. The van der Waals surface area contributed by atoms with Crippen LogP contribution in [0.25, 0.3) is 0 Å². The van der Waals surface area contributed by atoms with Gasteiger partial charge in [0.2, 0.25) is 5.91 Å². The molecule has 0 aromatic heterocycles. The number of urea groups is 1. The van der Waals surface area contributed by atoms with E-state index >= 15 is 0 Å². The van der Waals surface area contributed by atoms with E-state index in [0.717, 1.165) is 31.2 Å². The van der Waals surface area contributed by atoms with Gasteiger partial charge in [-0.1, -0.05) is 31.0 Å². The highest BCUT2D eigenvalue weighted by atomic mass is 19.1. The van der Waals surface area contributed by atoms with E-state index in [1.165, 1.54) is 23.1 Å². The molecule has 0 bridgehead atoms. The Bertz CT molecular complexity index is 987. The summed E-state index contributed by atoms with van der Waals surface area (Å²) < 4.78 is 13.4. The van der Waals surface area contributed by atoms with Crippen molar-refractivity contribution >= 4 is 29.2 Å². The third-order valence-corrected chi connectivity index (χ3v) is 5.72. The quantitative estimate of drug-likeness (QED) is 0.751. The van der Waals surface area contributed by atoms with Gasteiger partial charge in [0, 0.05) is 11.7 Å². The van der Waals surface area contributed by atoms with Gasteiger partial charge in [0.15, 0.2) is 0 Å². The Kier molecular flexibility index (Phi) is 5.53. The predicted molar refractivity (Wildman–Crippen MR) is 112 cm³/mol. The summed E-state index contributed by atoms with van der Waals surface area (Å²) in [6.45, 7) is 1.90. The molecule has 0 radical (unpaired) electrons. The Balaban J connectivity index is 1.59. The molecule has 7 heteroatoms. The topological polar surface area (TPSA) is 69.7 Å². The van der Waals surface area contributed by atoms with Crippen LogP contribution >= 0.6 is 0 Å². The number of nitrogens with zero attached hydrogens (tertiary/aromatic N) is 2. The molecule has 30 heavy (non-hydrogen) atoms. The number of rotatable bonds is 5. The Morgan fingerprint density at radius 3 is 2.53 bits per heavy atom. The zero-order valence-electron chi connectivity index (χ0n) is 16.8. The SMILES string of the molecule is Cc1cccc(N2C(=O)[C@H](CC(=O)Nc3cccc(F)c3)N(C3CCCC3)C2=O)c1. The number of carbonyl (C=O) groups excluding carboxylic acids is 3. The maximum atomic E-state index is 13.4. The molecule has 1 saturated heterocycles. The van der Waals surface area contributed by atoms with Gasteiger partial charge < -0.3 is 10.2 Å². The van der Waals surface area contributed by atoms with Crippen LogP contribution in [0.3, 0.4) is 0 Å². The number of hydrogen-bond acceptors (Lipinski definition) is 3. The van der Waals surface area contributed by atoms with Gasteiger partial charge in [-0.3, -0.25) is 9.59 Å². The Morgan fingerprint density at radius 2 is 1.83 bits per heavy atom. The second kappa shape index (κ2) is 8.26. The van der Waals surface area contributed by atoms with Gasteiger partial charge in [-0.2, -0.15) is 0 Å². The molecule has 1 atom stereocenters. The zero-order chi connectivity index (χ0) is 21.3. The molecule has 1 heterocycles. The molecule has 2 aromatic carbocycles. The number of imide groups is 1. The molecule has 6 nitrogen and oxygen atoms in total. The van der Waals surface area contributed by atoms with Crippen molar-refractivity contribution in [3.8, 4) is 0 Å². The summed E-state index contributed by atoms with van der Waals surface area (Å²) in [5.74, 6) is -1.29. The summed E-state index contributed by atoms with van der Waals surface area (Å²) in [5.41, 5.74) is 1.77. The van der Waals surface area contributed by atoms with Gasteiger partial charge in [-0.05, 0) is 55.7 Å². The van der Waals surface area contributed by atoms with Gasteiger partial charge in [0.25, 0.3) is 5.91 Å². The van der Waals surface area contributed by atoms with Crippen LogP contribution in [0.15, 0.2) is 48.5 Å². The summed E-state index contributed by atoms with van der Waals surface area (Å²) in [5, 5.41) is 2.63. The van der Waals surface area contributed by atoms with Gasteiger partial charge in [0.05, 0.1) is 12.1 Å². The highest BCUT2D eigenvalue weighted by Crippen LogP contribution is 2.34. The van der Waals surface area contributed by atoms with Crippen LogP contribution in [0.1, 0.15) is 37.7 Å². The maximum Gasteiger partial charge on any atom is 0.332 e. The van der Waals surface area contributed by atoms with Crippen LogP contribution in [-0.4, -0.2) is 34.8 Å². The van der Waals surface area contributed by atoms with E-state index < -0.39 is 23.7 Å². The number of carbonyl (C=O) groups is 3. The van der Waals surface area contributed by atoms with Crippen molar-refractivity contribution < 1.29 is 18.8 Å². The first kappa shape index (κ1) is 20.1. The molecule has 0 spiro atoms. The molecular weight excluding hydrogens is 385 g/mol. The van der Waals surface area contributed by atoms with E-state index in [2.05, 4.69) is 5.32 Å². The van der Waals surface area contributed by atoms with Crippen molar-refractivity contribution in [3.63, 3.8) is 0 Å². The largest absolute Gasteiger partial charge is 0.332 e. The average molecular weight is 409 g/mol. The summed E-state index contributed by atoms with van der Waals surface area (Å²) in [6.07, 6.45) is 3.47. The molecule has 2 aliphatic rings. The van der Waals surface area contributed by atoms with Crippen molar-refractivity contribution in [2.45, 2.75) is 51.1 Å². The highest BCUT2D eigenvalue weighted by Gasteiger charge is 2.49. The van der Waals surface area contributed by atoms with Crippen LogP contribution in [0.4, 0.5) is 20.6 Å². The van der Waals surface area contributed by atoms with E-state index in [1.807, 2.05) is 13.0 Å². The van der Waals surface area contributed by atoms with Crippen molar-refractivity contribution in [2.75, 3.05) is 10.2 Å². The van der Waals surface area contributed by atoms with Crippen LogP contribution < -0.4 is 10.2 Å². The Morgan fingerprint density at radius 1 is 1.10 bits per heavy atom. The highest BCUT2D eigenvalue weighted by molar-refractivity contribution is 6.22. The molecule has 1 aliphatic carbocycles. The smallest absolute Gasteiger partial charge is 0.326 e. The molecule has 1 aliphatic heterocycles. The lowest BCUT2D eigenvalue weighted by Crippen LogP contribution is -2.43. The first-order valence-electron chi connectivity index (χ1n) is 10.2. The molecule has 2 fully saturated rings. The first-order valence-corrected chi connectivity index (χ1v) is 10.2. The molecular formula is C23H24FN3O3. The van der Waals surface area contributed by atoms with Crippen LogP contribution in [-0.2, 0) is 9.59 Å². The second-order valence-electron chi connectivity index (χ2n) is 7.92. The van der Waals surface area contributed by atoms with Crippen LogP contribution in [0.2, 0.25) is 0 Å². The lowest BCUT2D eigenvalue weighted by molar-refractivity contribution is -0.124.